The third kappa shape index (κ3) is 3.09. The molecule has 3 heteroatoms. The second-order valence-corrected chi connectivity index (χ2v) is 2.80. The molecule has 0 aliphatic rings. The molecule has 0 aliphatic carbocycles. The third-order valence-electron chi connectivity index (χ3n) is 1.46. The van der Waals surface area contributed by atoms with Gasteiger partial charge in [-0.05, 0) is 26.2 Å². The van der Waals surface area contributed by atoms with Crippen molar-refractivity contribution in [1.29, 1.82) is 0 Å². The Morgan fingerprint density at radius 1 is 1.27 bits per heavy atom. The van der Waals surface area contributed by atoms with E-state index in [0.717, 1.165) is 13.1 Å². The molecule has 0 atom stereocenters. The van der Waals surface area contributed by atoms with Crippen molar-refractivity contribution in [2.24, 2.45) is 0 Å². The third-order valence-corrected chi connectivity index (χ3v) is 1.46. The fourth-order valence-corrected chi connectivity index (χ4v) is 0.843. The summed E-state index contributed by atoms with van der Waals surface area (Å²) in [7, 11) is 4.13. The van der Waals surface area contributed by atoms with Crippen LogP contribution >= 0.6 is 0 Å². The lowest BCUT2D eigenvalue weighted by Crippen LogP contribution is -2.25. The lowest BCUT2D eigenvalue weighted by Gasteiger charge is -2.11. The SMILES string of the molecule is CN(C)CCNn1cccc1. The van der Waals surface area contributed by atoms with Crippen LogP contribution in [0, 0.1) is 0 Å². The first-order chi connectivity index (χ1) is 5.29. The van der Waals surface area contributed by atoms with E-state index in [0.29, 0.717) is 0 Å². The van der Waals surface area contributed by atoms with E-state index >= 15 is 0 Å². The highest BCUT2D eigenvalue weighted by Gasteiger charge is 1.88. The molecule has 0 fully saturated rings. The highest BCUT2D eigenvalue weighted by Crippen LogP contribution is 1.84. The lowest BCUT2D eigenvalue weighted by molar-refractivity contribution is 0.419. The fourth-order valence-electron chi connectivity index (χ4n) is 0.843. The van der Waals surface area contributed by atoms with Gasteiger partial charge < -0.3 is 10.3 Å². The average Bonchev–Trinajstić information content (AvgIpc) is 2.39. The van der Waals surface area contributed by atoms with Gasteiger partial charge in [0.1, 0.15) is 0 Å². The van der Waals surface area contributed by atoms with Gasteiger partial charge in [-0.1, -0.05) is 0 Å². The minimum atomic E-state index is 0.974. The molecule has 0 saturated carbocycles. The zero-order valence-corrected chi connectivity index (χ0v) is 7.12. The number of hydrogen-bond acceptors (Lipinski definition) is 2. The monoisotopic (exact) mass is 153 g/mol. The number of hydrogen-bond donors (Lipinski definition) is 1. The Morgan fingerprint density at radius 3 is 2.45 bits per heavy atom. The summed E-state index contributed by atoms with van der Waals surface area (Å²) < 4.78 is 1.96. The minimum Gasteiger partial charge on any atom is -0.325 e. The summed E-state index contributed by atoms with van der Waals surface area (Å²) in [5, 5.41) is 0. The summed E-state index contributed by atoms with van der Waals surface area (Å²) in [5.74, 6) is 0. The maximum Gasteiger partial charge on any atom is 0.0441 e. The van der Waals surface area contributed by atoms with Crippen molar-refractivity contribution in [3.8, 4) is 0 Å². The molecule has 0 saturated heterocycles. The van der Waals surface area contributed by atoms with E-state index in [4.69, 9.17) is 0 Å². The zero-order valence-electron chi connectivity index (χ0n) is 7.12. The number of nitrogens with one attached hydrogen (secondary N) is 1. The molecule has 1 aromatic rings. The number of aromatic nitrogens is 1. The first-order valence-electron chi connectivity index (χ1n) is 3.80. The first kappa shape index (κ1) is 8.14. The van der Waals surface area contributed by atoms with E-state index in [9.17, 15) is 0 Å². The van der Waals surface area contributed by atoms with Crippen molar-refractivity contribution in [3.63, 3.8) is 0 Å². The number of nitrogens with zero attached hydrogens (tertiary/aromatic N) is 2. The van der Waals surface area contributed by atoms with Crippen LogP contribution in [0.1, 0.15) is 0 Å². The van der Waals surface area contributed by atoms with Crippen molar-refractivity contribution >= 4 is 0 Å². The topological polar surface area (TPSA) is 20.2 Å². The Hall–Kier alpha value is -0.960. The van der Waals surface area contributed by atoms with Gasteiger partial charge in [-0.15, -0.1) is 0 Å². The Labute approximate surface area is 67.6 Å². The average molecular weight is 153 g/mol. The summed E-state index contributed by atoms with van der Waals surface area (Å²) in [6.45, 7) is 2.03. The van der Waals surface area contributed by atoms with Crippen LogP contribution in [0.3, 0.4) is 0 Å². The van der Waals surface area contributed by atoms with Gasteiger partial charge in [0.2, 0.25) is 0 Å². The highest BCUT2D eigenvalue weighted by molar-refractivity contribution is 4.92. The van der Waals surface area contributed by atoms with Gasteiger partial charge in [-0.25, -0.2) is 0 Å². The van der Waals surface area contributed by atoms with Crippen molar-refractivity contribution in [2.45, 2.75) is 0 Å². The van der Waals surface area contributed by atoms with Gasteiger partial charge in [0, 0.05) is 25.5 Å². The molecule has 11 heavy (non-hydrogen) atoms. The summed E-state index contributed by atoms with van der Waals surface area (Å²) in [5.41, 5.74) is 3.23. The van der Waals surface area contributed by atoms with Crippen LogP contribution in [-0.4, -0.2) is 36.8 Å². The summed E-state index contributed by atoms with van der Waals surface area (Å²) in [6, 6.07) is 4.01. The highest BCUT2D eigenvalue weighted by atomic mass is 15.4. The van der Waals surface area contributed by atoms with Gasteiger partial charge in [-0.2, -0.15) is 0 Å². The summed E-state index contributed by atoms with van der Waals surface area (Å²) in [6.07, 6.45) is 3.99. The Balaban J connectivity index is 2.14. The Morgan fingerprint density at radius 2 is 1.91 bits per heavy atom. The maximum atomic E-state index is 3.23. The largest absolute Gasteiger partial charge is 0.325 e. The van der Waals surface area contributed by atoms with Crippen LogP contribution in [-0.2, 0) is 0 Å². The zero-order chi connectivity index (χ0) is 8.10. The lowest BCUT2D eigenvalue weighted by atomic mass is 10.6. The van der Waals surface area contributed by atoms with E-state index < -0.39 is 0 Å². The van der Waals surface area contributed by atoms with Crippen LogP contribution < -0.4 is 5.43 Å². The molecule has 0 aromatic carbocycles. The van der Waals surface area contributed by atoms with Gasteiger partial charge in [-0.3, -0.25) is 4.68 Å². The predicted molar refractivity (Wildman–Crippen MR) is 47.2 cm³/mol. The smallest absolute Gasteiger partial charge is 0.0441 e. The fraction of sp³-hybridized carbons (Fsp3) is 0.500. The summed E-state index contributed by atoms with van der Waals surface area (Å²) in [4.78, 5) is 2.15. The molecule has 1 heterocycles. The molecule has 0 unspecified atom stereocenters. The van der Waals surface area contributed by atoms with Crippen molar-refractivity contribution in [3.05, 3.63) is 24.5 Å². The van der Waals surface area contributed by atoms with Crippen LogP contribution in [0.2, 0.25) is 0 Å². The molecule has 0 bridgehead atoms. The Kier molecular flexibility index (Phi) is 2.98. The predicted octanol–water partition coefficient (Wildman–Crippen LogP) is 0.593. The quantitative estimate of drug-likeness (QED) is 0.683. The van der Waals surface area contributed by atoms with E-state index in [1.807, 2.05) is 29.2 Å². The second kappa shape index (κ2) is 4.03. The van der Waals surface area contributed by atoms with Gasteiger partial charge in [0.15, 0.2) is 0 Å². The van der Waals surface area contributed by atoms with E-state index in [1.54, 1.807) is 0 Å². The van der Waals surface area contributed by atoms with Crippen LogP contribution in [0.4, 0.5) is 0 Å². The second-order valence-electron chi connectivity index (χ2n) is 2.80. The first-order valence-corrected chi connectivity index (χ1v) is 3.80. The van der Waals surface area contributed by atoms with Crippen molar-refractivity contribution in [2.75, 3.05) is 32.6 Å². The van der Waals surface area contributed by atoms with Crippen LogP contribution in [0.5, 0.6) is 0 Å². The maximum absolute atomic E-state index is 3.23. The molecule has 0 aliphatic heterocycles. The van der Waals surface area contributed by atoms with E-state index in [2.05, 4.69) is 24.4 Å². The molecule has 62 valence electrons. The van der Waals surface area contributed by atoms with E-state index in [-0.39, 0.29) is 0 Å². The Bertz CT molecular complexity index is 179. The molecule has 0 spiro atoms. The van der Waals surface area contributed by atoms with E-state index in [1.165, 1.54) is 0 Å². The molecule has 1 rings (SSSR count). The van der Waals surface area contributed by atoms with Crippen LogP contribution in [0.15, 0.2) is 24.5 Å². The summed E-state index contributed by atoms with van der Waals surface area (Å²) >= 11 is 0. The minimum absolute atomic E-state index is 0.974. The normalized spacial score (nSPS) is 10.5. The number of likely N-dealkylation sites (N-methyl/N-ethyl adjacent to an activating group) is 1. The molecule has 1 N–H and O–H groups in total. The van der Waals surface area contributed by atoms with Gasteiger partial charge in [0.25, 0.3) is 0 Å². The molecule has 3 nitrogen and oxygen atoms in total. The molecular weight excluding hydrogens is 138 g/mol. The molecule has 0 radical (unpaired) electrons. The van der Waals surface area contributed by atoms with Gasteiger partial charge in [0.05, 0.1) is 0 Å². The molecule has 0 amide bonds. The standard InChI is InChI=1S/C8H15N3/c1-10(2)8-5-9-11-6-3-4-7-11/h3-4,6-7,9H,5,8H2,1-2H3. The van der Waals surface area contributed by atoms with Crippen LogP contribution in [0.25, 0.3) is 0 Å². The van der Waals surface area contributed by atoms with Crippen molar-refractivity contribution in [1.82, 2.24) is 9.58 Å². The number of rotatable bonds is 4. The van der Waals surface area contributed by atoms with Crippen molar-refractivity contribution < 1.29 is 0 Å². The molecular formula is C8H15N3. The molecule has 1 aromatic heterocycles. The van der Waals surface area contributed by atoms with Gasteiger partial charge >= 0.3 is 0 Å².